The van der Waals surface area contributed by atoms with Gasteiger partial charge in [-0.1, -0.05) is 0 Å². The molecule has 0 aromatic carbocycles. The lowest BCUT2D eigenvalue weighted by atomic mass is 10.3. The van der Waals surface area contributed by atoms with Gasteiger partial charge < -0.3 is 14.8 Å². The van der Waals surface area contributed by atoms with Gasteiger partial charge in [-0.15, -0.1) is 0 Å². The molecule has 0 amide bonds. The van der Waals surface area contributed by atoms with Gasteiger partial charge in [0.15, 0.2) is 9.84 Å². The number of thiocarbonyl (C=S) groups is 1. The van der Waals surface area contributed by atoms with Crippen LogP contribution in [-0.4, -0.2) is 50.5 Å². The first-order valence-corrected chi connectivity index (χ1v) is 7.03. The predicted molar refractivity (Wildman–Crippen MR) is 58.5 cm³/mol. The molecule has 0 aromatic heterocycles. The smallest absolute Gasteiger partial charge is 0.256 e. The number of sulfone groups is 1. The van der Waals surface area contributed by atoms with E-state index in [1.807, 2.05) is 0 Å². The van der Waals surface area contributed by atoms with Gasteiger partial charge in [0.25, 0.3) is 5.17 Å². The average Bonchev–Trinajstić information content (AvgIpc) is 2.89. The summed E-state index contributed by atoms with van der Waals surface area (Å²) in [6.07, 6.45) is 0.767. The molecule has 2 aliphatic rings. The van der Waals surface area contributed by atoms with Crippen molar-refractivity contribution >= 4 is 27.2 Å². The molecule has 2 atom stereocenters. The van der Waals surface area contributed by atoms with Gasteiger partial charge in [0.05, 0.1) is 18.1 Å². The van der Waals surface area contributed by atoms with E-state index in [1.165, 1.54) is 0 Å². The van der Waals surface area contributed by atoms with Crippen LogP contribution in [0, 0.1) is 0 Å². The van der Waals surface area contributed by atoms with Gasteiger partial charge in [0, 0.05) is 6.04 Å². The number of nitrogens with one attached hydrogen (secondary N) is 1. The van der Waals surface area contributed by atoms with Crippen LogP contribution >= 0.6 is 12.2 Å². The van der Waals surface area contributed by atoms with Crippen LogP contribution in [-0.2, 0) is 19.3 Å². The Balaban J connectivity index is 1.69. The van der Waals surface area contributed by atoms with Gasteiger partial charge in [-0.3, -0.25) is 0 Å². The lowest BCUT2D eigenvalue weighted by Crippen LogP contribution is -2.36. The van der Waals surface area contributed by atoms with Crippen molar-refractivity contribution in [3.8, 4) is 0 Å². The molecule has 86 valence electrons. The second kappa shape index (κ2) is 4.23. The van der Waals surface area contributed by atoms with E-state index in [4.69, 9.17) is 21.7 Å². The maximum absolute atomic E-state index is 11.2. The quantitative estimate of drug-likeness (QED) is 0.537. The van der Waals surface area contributed by atoms with Crippen LogP contribution in [0.3, 0.4) is 0 Å². The van der Waals surface area contributed by atoms with Crippen LogP contribution in [0.1, 0.15) is 6.42 Å². The first-order chi connectivity index (χ1) is 7.05. The molecule has 0 spiro atoms. The molecule has 2 aliphatic heterocycles. The van der Waals surface area contributed by atoms with Gasteiger partial charge >= 0.3 is 0 Å². The molecule has 2 rings (SSSR count). The van der Waals surface area contributed by atoms with Gasteiger partial charge in [-0.05, 0) is 18.6 Å². The molecule has 7 heteroatoms. The minimum atomic E-state index is -2.86. The number of hydrogen-bond acceptors (Lipinski definition) is 5. The molecule has 1 N–H and O–H groups in total. The van der Waals surface area contributed by atoms with Crippen molar-refractivity contribution in [3.63, 3.8) is 0 Å². The average molecular weight is 251 g/mol. The maximum atomic E-state index is 11.2. The van der Waals surface area contributed by atoms with Crippen LogP contribution in [0.15, 0.2) is 0 Å². The van der Waals surface area contributed by atoms with E-state index < -0.39 is 9.84 Å². The van der Waals surface area contributed by atoms with Gasteiger partial charge in [-0.2, -0.15) is 0 Å². The summed E-state index contributed by atoms with van der Waals surface area (Å²) in [4.78, 5) is 0. The van der Waals surface area contributed by atoms with E-state index in [0.717, 1.165) is 6.61 Å². The third kappa shape index (κ3) is 3.58. The first-order valence-electron chi connectivity index (χ1n) is 4.80. The Hall–Kier alpha value is -0.400. The lowest BCUT2D eigenvalue weighted by Gasteiger charge is -2.13. The predicted octanol–water partition coefficient (Wildman–Crippen LogP) is -0.537. The largest absolute Gasteiger partial charge is 0.468 e. The molecule has 0 unspecified atom stereocenters. The molecule has 0 saturated carbocycles. The van der Waals surface area contributed by atoms with Crippen molar-refractivity contribution in [2.45, 2.75) is 18.6 Å². The summed E-state index contributed by atoms with van der Waals surface area (Å²) in [7, 11) is -2.86. The van der Waals surface area contributed by atoms with E-state index in [9.17, 15) is 8.42 Å². The van der Waals surface area contributed by atoms with Crippen molar-refractivity contribution < 1.29 is 17.9 Å². The molecule has 5 nitrogen and oxygen atoms in total. The van der Waals surface area contributed by atoms with Crippen molar-refractivity contribution in [1.29, 1.82) is 0 Å². The van der Waals surface area contributed by atoms with E-state index in [2.05, 4.69) is 5.32 Å². The zero-order chi connectivity index (χ0) is 10.9. The third-order valence-electron chi connectivity index (χ3n) is 2.36. The highest BCUT2D eigenvalue weighted by atomic mass is 32.2. The Morgan fingerprint density at radius 1 is 1.60 bits per heavy atom. The maximum Gasteiger partial charge on any atom is 0.256 e. The molecule has 2 saturated heterocycles. The van der Waals surface area contributed by atoms with Crippen molar-refractivity contribution in [2.75, 3.05) is 24.7 Å². The fourth-order valence-corrected chi connectivity index (χ4v) is 3.36. The number of rotatable bonds is 3. The normalized spacial score (nSPS) is 32.3. The van der Waals surface area contributed by atoms with Crippen LogP contribution in [0.5, 0.6) is 0 Å². The van der Waals surface area contributed by atoms with Crippen LogP contribution < -0.4 is 5.32 Å². The monoisotopic (exact) mass is 251 g/mol. The zero-order valence-electron chi connectivity index (χ0n) is 8.14. The number of epoxide rings is 1. The summed E-state index contributed by atoms with van der Waals surface area (Å²) in [6, 6.07) is -0.0948. The Kier molecular flexibility index (Phi) is 3.13. The summed E-state index contributed by atoms with van der Waals surface area (Å²) in [5, 5.41) is 3.16. The fraction of sp³-hybridized carbons (Fsp3) is 0.875. The van der Waals surface area contributed by atoms with Crippen LogP contribution in [0.25, 0.3) is 0 Å². The van der Waals surface area contributed by atoms with Crippen LogP contribution in [0.4, 0.5) is 0 Å². The molecule has 0 radical (unpaired) electrons. The summed E-state index contributed by atoms with van der Waals surface area (Å²) in [6.45, 7) is 1.17. The molecule has 0 aromatic rings. The Morgan fingerprint density at radius 3 is 2.87 bits per heavy atom. The minimum Gasteiger partial charge on any atom is -0.468 e. The highest BCUT2D eigenvalue weighted by molar-refractivity contribution is 7.91. The summed E-state index contributed by atoms with van der Waals surface area (Å²) in [5.41, 5.74) is 0. The van der Waals surface area contributed by atoms with Gasteiger partial charge in [0.1, 0.15) is 12.7 Å². The summed E-state index contributed by atoms with van der Waals surface area (Å²) < 4.78 is 32.5. The lowest BCUT2D eigenvalue weighted by molar-refractivity contribution is 0.247. The van der Waals surface area contributed by atoms with E-state index in [1.54, 1.807) is 0 Å². The first kappa shape index (κ1) is 11.1. The second-order valence-corrected chi connectivity index (χ2v) is 6.40. The second-order valence-electron chi connectivity index (χ2n) is 3.80. The Bertz CT molecular complexity index is 350. The van der Waals surface area contributed by atoms with E-state index in [0.29, 0.717) is 13.0 Å². The van der Waals surface area contributed by atoms with Gasteiger partial charge in [0.2, 0.25) is 0 Å². The molecular weight excluding hydrogens is 238 g/mol. The molecular formula is C8H13NO4S2. The zero-order valence-corrected chi connectivity index (χ0v) is 9.77. The van der Waals surface area contributed by atoms with Crippen LogP contribution in [0.2, 0.25) is 0 Å². The van der Waals surface area contributed by atoms with Crippen molar-refractivity contribution in [1.82, 2.24) is 5.32 Å². The third-order valence-corrected chi connectivity index (χ3v) is 4.36. The van der Waals surface area contributed by atoms with E-state index in [-0.39, 0.29) is 28.8 Å². The topological polar surface area (TPSA) is 67.9 Å². The molecule has 0 aliphatic carbocycles. The van der Waals surface area contributed by atoms with Gasteiger partial charge in [-0.25, -0.2) is 8.42 Å². The molecule has 2 fully saturated rings. The molecule has 0 bridgehead atoms. The highest BCUT2D eigenvalue weighted by Crippen LogP contribution is 2.12. The Morgan fingerprint density at radius 2 is 2.33 bits per heavy atom. The molecule has 2 heterocycles. The minimum absolute atomic E-state index is 0.0948. The highest BCUT2D eigenvalue weighted by Gasteiger charge is 2.29. The standard InChI is InChI=1S/C8H13NO4S2/c10-15(11)2-1-6(5-15)9-8(14)13-4-7-3-12-7/h6-7H,1-5H2,(H,9,14)/t6-,7+/m0/s1. The fourth-order valence-electron chi connectivity index (χ4n) is 1.45. The number of ether oxygens (including phenoxy) is 2. The van der Waals surface area contributed by atoms with E-state index >= 15 is 0 Å². The molecule has 15 heavy (non-hydrogen) atoms. The summed E-state index contributed by atoms with van der Waals surface area (Å²) >= 11 is 4.93. The number of hydrogen-bond donors (Lipinski definition) is 1. The van der Waals surface area contributed by atoms with Crippen molar-refractivity contribution in [2.24, 2.45) is 0 Å². The summed E-state index contributed by atoms with van der Waals surface area (Å²) in [5.74, 6) is 0.384. The Labute approximate surface area is 94.0 Å². The SMILES string of the molecule is O=S1(=O)CC[C@H](NC(=S)OC[C@H]2CO2)C1. The van der Waals surface area contributed by atoms with Crippen molar-refractivity contribution in [3.05, 3.63) is 0 Å².